The Balaban J connectivity index is 1.88. The zero-order chi connectivity index (χ0) is 28.0. The molecule has 1 aliphatic heterocycles. The molecule has 2 heterocycles. The summed E-state index contributed by atoms with van der Waals surface area (Å²) in [4.78, 5) is 29.6. The molecule has 1 aromatic carbocycles. The number of carbonyl (C=O) groups is 2. The van der Waals surface area contributed by atoms with E-state index >= 15 is 0 Å². The minimum Gasteiger partial charge on any atom is -0.488 e. The fourth-order valence-electron chi connectivity index (χ4n) is 4.21. The molecule has 3 atom stereocenters. The topological polar surface area (TPSA) is 119 Å². The lowest BCUT2D eigenvalue weighted by atomic mass is 9.99. The number of rotatable bonds is 11. The molecule has 1 aromatic heterocycles. The fraction of sp³-hybridized carbons (Fsp3) is 0.538. The number of sulfonamides is 1. The lowest BCUT2D eigenvalue weighted by molar-refractivity contribution is -0.116. The SMILES string of the molecule is C[C@@H]1CN([C@H](C)CO)C(=O)c2cc(NC(=O)CCCN(C)C)ccc2O[C@@H]1CN(C)S(=O)(=O)c1cccs1. The van der Waals surface area contributed by atoms with Crippen LogP contribution in [0.3, 0.4) is 0 Å². The first-order valence-corrected chi connectivity index (χ1v) is 14.9. The quantitative estimate of drug-likeness (QED) is 0.429. The van der Waals surface area contributed by atoms with E-state index in [1.165, 1.54) is 11.4 Å². The molecule has 38 heavy (non-hydrogen) atoms. The summed E-state index contributed by atoms with van der Waals surface area (Å²) >= 11 is 1.15. The van der Waals surface area contributed by atoms with Gasteiger partial charge in [-0.2, -0.15) is 4.31 Å². The highest BCUT2D eigenvalue weighted by atomic mass is 32.2. The largest absolute Gasteiger partial charge is 0.488 e. The van der Waals surface area contributed by atoms with E-state index in [-0.39, 0.29) is 47.2 Å². The molecule has 210 valence electrons. The van der Waals surface area contributed by atoms with Crippen molar-refractivity contribution in [1.29, 1.82) is 0 Å². The summed E-state index contributed by atoms with van der Waals surface area (Å²) in [6.45, 7) is 4.54. The second-order valence-corrected chi connectivity index (χ2v) is 13.2. The van der Waals surface area contributed by atoms with Gasteiger partial charge in [-0.05, 0) is 63.6 Å². The average molecular weight is 567 g/mol. The molecule has 2 amide bonds. The highest BCUT2D eigenvalue weighted by Gasteiger charge is 2.35. The molecule has 2 aromatic rings. The molecule has 0 saturated heterocycles. The van der Waals surface area contributed by atoms with Gasteiger partial charge in [-0.25, -0.2) is 8.42 Å². The van der Waals surface area contributed by atoms with Gasteiger partial charge in [-0.3, -0.25) is 9.59 Å². The fourth-order valence-corrected chi connectivity index (χ4v) is 6.60. The van der Waals surface area contributed by atoms with E-state index in [0.717, 1.165) is 17.9 Å². The Hall–Kier alpha value is -2.51. The maximum atomic E-state index is 13.6. The van der Waals surface area contributed by atoms with E-state index in [2.05, 4.69) is 5.32 Å². The second-order valence-electron chi connectivity index (χ2n) is 10.0. The highest BCUT2D eigenvalue weighted by Crippen LogP contribution is 2.31. The van der Waals surface area contributed by atoms with Gasteiger partial charge < -0.3 is 25.0 Å². The Morgan fingerprint density at radius 3 is 2.66 bits per heavy atom. The smallest absolute Gasteiger partial charge is 0.258 e. The van der Waals surface area contributed by atoms with E-state index < -0.39 is 22.2 Å². The summed E-state index contributed by atoms with van der Waals surface area (Å²) in [5.74, 6) is -0.416. The predicted octanol–water partition coefficient (Wildman–Crippen LogP) is 2.57. The van der Waals surface area contributed by atoms with E-state index in [4.69, 9.17) is 4.74 Å². The van der Waals surface area contributed by atoms with Crippen molar-refractivity contribution in [1.82, 2.24) is 14.1 Å². The monoisotopic (exact) mass is 566 g/mol. The summed E-state index contributed by atoms with van der Waals surface area (Å²) in [7, 11) is 1.71. The van der Waals surface area contributed by atoms with Gasteiger partial charge in [-0.1, -0.05) is 13.0 Å². The van der Waals surface area contributed by atoms with Crippen LogP contribution in [-0.4, -0.2) is 99.0 Å². The first-order chi connectivity index (χ1) is 17.9. The van der Waals surface area contributed by atoms with Crippen LogP contribution < -0.4 is 10.1 Å². The number of hydrogen-bond acceptors (Lipinski definition) is 8. The number of nitrogens with zero attached hydrogens (tertiary/aromatic N) is 3. The van der Waals surface area contributed by atoms with Crippen LogP contribution in [0.15, 0.2) is 39.9 Å². The Morgan fingerprint density at radius 2 is 2.03 bits per heavy atom. The molecule has 0 bridgehead atoms. The molecule has 2 N–H and O–H groups in total. The molecule has 0 radical (unpaired) electrons. The number of amides is 2. The lowest BCUT2D eigenvalue weighted by Crippen LogP contribution is -2.50. The normalized spacial score (nSPS) is 19.1. The number of benzene rings is 1. The predicted molar refractivity (Wildman–Crippen MR) is 148 cm³/mol. The third-order valence-corrected chi connectivity index (χ3v) is 9.75. The maximum Gasteiger partial charge on any atom is 0.258 e. The van der Waals surface area contributed by atoms with Crippen LogP contribution in [-0.2, 0) is 14.8 Å². The Labute approximate surface area is 229 Å². The maximum absolute atomic E-state index is 13.6. The van der Waals surface area contributed by atoms with Crippen molar-refractivity contribution in [2.75, 3.05) is 52.7 Å². The van der Waals surface area contributed by atoms with Crippen molar-refractivity contribution in [3.63, 3.8) is 0 Å². The average Bonchev–Trinajstić information content (AvgIpc) is 3.42. The minimum absolute atomic E-state index is 0.0702. The highest BCUT2D eigenvalue weighted by molar-refractivity contribution is 7.91. The standard InChI is InChI=1S/C26H38N4O6S2/c1-18-15-30(19(2)17-31)26(33)21-14-20(27-24(32)8-6-12-28(3)4)10-11-22(21)36-23(18)16-29(5)38(34,35)25-9-7-13-37-25/h7,9-11,13-14,18-19,23,31H,6,8,12,15-17H2,1-5H3,(H,27,32)/t18-,19-,23-/m1/s1. The summed E-state index contributed by atoms with van der Waals surface area (Å²) in [6.07, 6.45) is 0.481. The van der Waals surface area contributed by atoms with Crippen LogP contribution in [0.4, 0.5) is 5.69 Å². The molecule has 3 rings (SSSR count). The first-order valence-electron chi connectivity index (χ1n) is 12.6. The molecule has 10 nitrogen and oxygen atoms in total. The van der Waals surface area contributed by atoms with Crippen molar-refractivity contribution in [2.45, 2.75) is 43.0 Å². The number of aliphatic hydroxyl groups excluding tert-OH is 1. The third kappa shape index (κ3) is 7.32. The molecular weight excluding hydrogens is 528 g/mol. The lowest BCUT2D eigenvalue weighted by Gasteiger charge is -2.38. The number of nitrogens with one attached hydrogen (secondary N) is 1. The third-order valence-electron chi connectivity index (χ3n) is 6.55. The number of aliphatic hydroxyl groups is 1. The second kappa shape index (κ2) is 13.0. The van der Waals surface area contributed by atoms with E-state index in [0.29, 0.717) is 24.3 Å². The van der Waals surface area contributed by atoms with Gasteiger partial charge in [0.15, 0.2) is 0 Å². The Kier molecular flexibility index (Phi) is 10.3. The van der Waals surface area contributed by atoms with Crippen molar-refractivity contribution >= 4 is 38.9 Å². The van der Waals surface area contributed by atoms with Gasteiger partial charge in [0.2, 0.25) is 5.91 Å². The minimum atomic E-state index is -3.69. The summed E-state index contributed by atoms with van der Waals surface area (Å²) in [6, 6.07) is 7.67. The van der Waals surface area contributed by atoms with Gasteiger partial charge in [-0.15, -0.1) is 11.3 Å². The number of carbonyl (C=O) groups excluding carboxylic acids is 2. The summed E-state index contributed by atoms with van der Waals surface area (Å²) in [5, 5.41) is 14.4. The summed E-state index contributed by atoms with van der Waals surface area (Å²) in [5.41, 5.74) is 0.715. The Bertz CT molecular complexity index is 1200. The van der Waals surface area contributed by atoms with E-state index in [9.17, 15) is 23.1 Å². The van der Waals surface area contributed by atoms with Crippen LogP contribution in [0, 0.1) is 5.92 Å². The van der Waals surface area contributed by atoms with Crippen molar-refractivity contribution in [2.24, 2.45) is 5.92 Å². The number of likely N-dealkylation sites (N-methyl/N-ethyl adjacent to an activating group) is 1. The number of anilines is 1. The van der Waals surface area contributed by atoms with Gasteiger partial charge in [0.1, 0.15) is 16.1 Å². The van der Waals surface area contributed by atoms with Crippen LogP contribution in [0.2, 0.25) is 0 Å². The van der Waals surface area contributed by atoms with Gasteiger partial charge in [0, 0.05) is 31.6 Å². The number of ether oxygens (including phenoxy) is 1. The zero-order valence-corrected chi connectivity index (χ0v) is 24.2. The molecule has 0 spiro atoms. The Morgan fingerprint density at radius 1 is 1.29 bits per heavy atom. The number of hydrogen-bond donors (Lipinski definition) is 2. The number of thiophene rings is 1. The molecule has 0 fully saturated rings. The van der Waals surface area contributed by atoms with Crippen LogP contribution >= 0.6 is 11.3 Å². The zero-order valence-electron chi connectivity index (χ0n) is 22.6. The first kappa shape index (κ1) is 30.0. The molecule has 12 heteroatoms. The molecule has 0 saturated carbocycles. The van der Waals surface area contributed by atoms with Crippen LogP contribution in [0.5, 0.6) is 5.75 Å². The van der Waals surface area contributed by atoms with Crippen molar-refractivity contribution in [3.05, 3.63) is 41.3 Å². The van der Waals surface area contributed by atoms with Crippen LogP contribution in [0.25, 0.3) is 0 Å². The molecule has 0 aliphatic carbocycles. The van der Waals surface area contributed by atoms with Crippen molar-refractivity contribution < 1.29 is 27.9 Å². The van der Waals surface area contributed by atoms with E-state index in [1.807, 2.05) is 25.9 Å². The van der Waals surface area contributed by atoms with E-state index in [1.54, 1.807) is 47.5 Å². The van der Waals surface area contributed by atoms with Gasteiger partial charge >= 0.3 is 0 Å². The number of fused-ring (bicyclic) bond motifs is 1. The summed E-state index contributed by atoms with van der Waals surface area (Å²) < 4.78 is 33.9. The van der Waals surface area contributed by atoms with Crippen LogP contribution in [0.1, 0.15) is 37.0 Å². The molecular formula is C26H38N4O6S2. The molecule has 0 unspecified atom stereocenters. The van der Waals surface area contributed by atoms with Gasteiger partial charge in [0.05, 0.1) is 24.8 Å². The van der Waals surface area contributed by atoms with Crippen molar-refractivity contribution in [3.8, 4) is 5.75 Å². The van der Waals surface area contributed by atoms with Gasteiger partial charge in [0.25, 0.3) is 15.9 Å². The molecule has 1 aliphatic rings.